The molecule has 2 aromatic rings. The molecule has 0 aliphatic carbocycles. The first kappa shape index (κ1) is 15.7. The van der Waals surface area contributed by atoms with Gasteiger partial charge in [0.15, 0.2) is 5.82 Å². The number of nitrogens with one attached hydrogen (secondary N) is 1. The number of nitrogens with zero attached hydrogens (tertiary/aromatic N) is 3. The van der Waals surface area contributed by atoms with E-state index in [2.05, 4.69) is 67.4 Å². The van der Waals surface area contributed by atoms with Gasteiger partial charge in [-0.05, 0) is 29.5 Å². The van der Waals surface area contributed by atoms with Gasteiger partial charge in [-0.1, -0.05) is 52.0 Å². The summed E-state index contributed by atoms with van der Waals surface area (Å²) in [6.07, 6.45) is 2.93. The first-order valence-electron chi connectivity index (χ1n) is 7.67. The highest BCUT2D eigenvalue weighted by Crippen LogP contribution is 2.22. The van der Waals surface area contributed by atoms with Crippen molar-refractivity contribution in [1.29, 1.82) is 0 Å². The topological polar surface area (TPSA) is 42.7 Å². The molecule has 21 heavy (non-hydrogen) atoms. The summed E-state index contributed by atoms with van der Waals surface area (Å²) in [6, 6.07) is 8.76. The second-order valence-corrected chi connectivity index (χ2v) is 6.48. The zero-order valence-corrected chi connectivity index (χ0v) is 13.6. The second-order valence-electron chi connectivity index (χ2n) is 6.48. The van der Waals surface area contributed by atoms with Crippen LogP contribution in [0.4, 0.5) is 0 Å². The van der Waals surface area contributed by atoms with Gasteiger partial charge in [-0.15, -0.1) is 0 Å². The fourth-order valence-corrected chi connectivity index (χ4v) is 2.16. The van der Waals surface area contributed by atoms with Gasteiger partial charge in [-0.2, -0.15) is 5.10 Å². The minimum absolute atomic E-state index is 0.198. The molecule has 4 nitrogen and oxygen atoms in total. The number of hydrogen-bond acceptors (Lipinski definition) is 3. The number of aromatic nitrogens is 3. The van der Waals surface area contributed by atoms with Crippen LogP contribution in [-0.2, 0) is 18.5 Å². The van der Waals surface area contributed by atoms with Gasteiger partial charge in [0.1, 0.15) is 6.33 Å². The standard InChI is InChI=1S/C17H26N4/c1-5-10-18-11-16-19-13-21(20-16)12-14-6-8-15(9-7-14)17(2,3)4/h6-9,13,18H,5,10-12H2,1-4H3. The van der Waals surface area contributed by atoms with E-state index in [0.29, 0.717) is 0 Å². The lowest BCUT2D eigenvalue weighted by atomic mass is 9.87. The van der Waals surface area contributed by atoms with Crippen molar-refractivity contribution < 1.29 is 0 Å². The fraction of sp³-hybridized carbons (Fsp3) is 0.529. The van der Waals surface area contributed by atoms with E-state index < -0.39 is 0 Å². The van der Waals surface area contributed by atoms with Crippen LogP contribution in [0, 0.1) is 0 Å². The predicted octanol–water partition coefficient (Wildman–Crippen LogP) is 3.12. The smallest absolute Gasteiger partial charge is 0.164 e. The molecule has 114 valence electrons. The van der Waals surface area contributed by atoms with E-state index >= 15 is 0 Å². The molecule has 0 spiro atoms. The second kappa shape index (κ2) is 6.85. The summed E-state index contributed by atoms with van der Waals surface area (Å²) in [7, 11) is 0. The summed E-state index contributed by atoms with van der Waals surface area (Å²) in [6.45, 7) is 11.4. The molecular weight excluding hydrogens is 260 g/mol. The molecule has 1 N–H and O–H groups in total. The largest absolute Gasteiger partial charge is 0.310 e. The van der Waals surface area contributed by atoms with Crippen LogP contribution < -0.4 is 5.32 Å². The van der Waals surface area contributed by atoms with Crippen LogP contribution in [0.5, 0.6) is 0 Å². The fourth-order valence-electron chi connectivity index (χ4n) is 2.16. The van der Waals surface area contributed by atoms with E-state index in [1.807, 2.05) is 4.68 Å². The number of benzene rings is 1. The van der Waals surface area contributed by atoms with Crippen LogP contribution in [0.1, 0.15) is 51.1 Å². The maximum atomic E-state index is 4.49. The molecule has 0 aliphatic rings. The molecule has 0 saturated carbocycles. The van der Waals surface area contributed by atoms with E-state index in [1.54, 1.807) is 6.33 Å². The summed E-state index contributed by atoms with van der Waals surface area (Å²) >= 11 is 0. The van der Waals surface area contributed by atoms with Crippen LogP contribution in [0.15, 0.2) is 30.6 Å². The van der Waals surface area contributed by atoms with E-state index in [9.17, 15) is 0 Å². The molecule has 1 aromatic heterocycles. The van der Waals surface area contributed by atoms with Gasteiger partial charge in [0.05, 0.1) is 13.1 Å². The van der Waals surface area contributed by atoms with Crippen molar-refractivity contribution in [3.8, 4) is 0 Å². The molecule has 1 aromatic carbocycles. The predicted molar refractivity (Wildman–Crippen MR) is 86.3 cm³/mol. The molecule has 0 saturated heterocycles. The van der Waals surface area contributed by atoms with Crippen molar-refractivity contribution in [3.05, 3.63) is 47.5 Å². The van der Waals surface area contributed by atoms with Gasteiger partial charge in [-0.3, -0.25) is 0 Å². The summed E-state index contributed by atoms with van der Waals surface area (Å²) in [4.78, 5) is 4.33. The molecule has 0 bridgehead atoms. The lowest BCUT2D eigenvalue weighted by Crippen LogP contribution is -2.15. The summed E-state index contributed by atoms with van der Waals surface area (Å²) in [5.41, 5.74) is 2.81. The Balaban J connectivity index is 1.95. The molecule has 0 atom stereocenters. The molecular formula is C17H26N4. The van der Waals surface area contributed by atoms with Gasteiger partial charge in [0.25, 0.3) is 0 Å². The van der Waals surface area contributed by atoms with Crippen LogP contribution in [0.25, 0.3) is 0 Å². The van der Waals surface area contributed by atoms with E-state index in [-0.39, 0.29) is 5.41 Å². The summed E-state index contributed by atoms with van der Waals surface area (Å²) in [5.74, 6) is 0.856. The average Bonchev–Trinajstić information content (AvgIpc) is 2.86. The maximum absolute atomic E-state index is 4.49. The molecule has 0 radical (unpaired) electrons. The molecule has 0 amide bonds. The molecule has 0 aliphatic heterocycles. The Morgan fingerprint density at radius 3 is 2.48 bits per heavy atom. The first-order valence-corrected chi connectivity index (χ1v) is 7.67. The van der Waals surface area contributed by atoms with Crippen molar-refractivity contribution >= 4 is 0 Å². The Bertz CT molecular complexity index is 549. The summed E-state index contributed by atoms with van der Waals surface area (Å²) < 4.78 is 1.90. The quantitative estimate of drug-likeness (QED) is 0.830. The van der Waals surface area contributed by atoms with Crippen LogP contribution in [-0.4, -0.2) is 21.3 Å². The zero-order valence-electron chi connectivity index (χ0n) is 13.6. The third-order valence-corrected chi connectivity index (χ3v) is 3.46. The first-order chi connectivity index (χ1) is 9.99. The third-order valence-electron chi connectivity index (χ3n) is 3.46. The Morgan fingerprint density at radius 1 is 1.14 bits per heavy atom. The van der Waals surface area contributed by atoms with Crippen molar-refractivity contribution in [2.75, 3.05) is 6.54 Å². The molecule has 2 rings (SSSR count). The summed E-state index contributed by atoms with van der Waals surface area (Å²) in [5, 5.41) is 7.81. The van der Waals surface area contributed by atoms with Crippen LogP contribution in [0.2, 0.25) is 0 Å². The highest BCUT2D eigenvalue weighted by Gasteiger charge is 2.12. The van der Waals surface area contributed by atoms with Gasteiger partial charge in [0, 0.05) is 0 Å². The van der Waals surface area contributed by atoms with Crippen molar-refractivity contribution in [1.82, 2.24) is 20.1 Å². The third kappa shape index (κ3) is 4.67. The minimum atomic E-state index is 0.198. The van der Waals surface area contributed by atoms with Crippen LogP contribution >= 0.6 is 0 Å². The SMILES string of the molecule is CCCNCc1ncn(Cc2ccc(C(C)(C)C)cc2)n1. The Kier molecular flexibility index (Phi) is 5.12. The zero-order chi connectivity index (χ0) is 15.3. The average molecular weight is 286 g/mol. The molecule has 0 fully saturated rings. The number of hydrogen-bond donors (Lipinski definition) is 1. The lowest BCUT2D eigenvalue weighted by molar-refractivity contribution is 0.589. The van der Waals surface area contributed by atoms with Gasteiger partial charge in [-0.25, -0.2) is 9.67 Å². The van der Waals surface area contributed by atoms with Crippen molar-refractivity contribution in [2.24, 2.45) is 0 Å². The Labute approximate surface area is 127 Å². The lowest BCUT2D eigenvalue weighted by Gasteiger charge is -2.19. The van der Waals surface area contributed by atoms with Gasteiger partial charge >= 0.3 is 0 Å². The van der Waals surface area contributed by atoms with E-state index in [1.165, 1.54) is 11.1 Å². The van der Waals surface area contributed by atoms with Crippen molar-refractivity contribution in [2.45, 2.75) is 52.6 Å². The molecule has 1 heterocycles. The highest BCUT2D eigenvalue weighted by molar-refractivity contribution is 5.27. The van der Waals surface area contributed by atoms with Gasteiger partial charge < -0.3 is 5.32 Å². The minimum Gasteiger partial charge on any atom is -0.310 e. The van der Waals surface area contributed by atoms with E-state index in [0.717, 1.165) is 31.9 Å². The normalized spacial score (nSPS) is 11.8. The van der Waals surface area contributed by atoms with E-state index in [4.69, 9.17) is 0 Å². The maximum Gasteiger partial charge on any atom is 0.164 e. The van der Waals surface area contributed by atoms with Gasteiger partial charge in [0.2, 0.25) is 0 Å². The number of rotatable bonds is 6. The van der Waals surface area contributed by atoms with Crippen molar-refractivity contribution in [3.63, 3.8) is 0 Å². The monoisotopic (exact) mass is 286 g/mol. The molecule has 4 heteroatoms. The Hall–Kier alpha value is -1.68. The molecule has 0 unspecified atom stereocenters. The van der Waals surface area contributed by atoms with Crippen LogP contribution in [0.3, 0.4) is 0 Å². The highest BCUT2D eigenvalue weighted by atomic mass is 15.3. The Morgan fingerprint density at radius 2 is 1.86 bits per heavy atom.